The molecule has 2 heteroatoms. The van der Waals surface area contributed by atoms with Crippen LogP contribution in [-0.4, -0.2) is 12.1 Å². The molecule has 0 amide bonds. The number of benzene rings is 2. The highest BCUT2D eigenvalue weighted by Crippen LogP contribution is 2.45. The third-order valence-electron chi connectivity index (χ3n) is 5.17. The van der Waals surface area contributed by atoms with Crippen LogP contribution in [0, 0.1) is 0 Å². The summed E-state index contributed by atoms with van der Waals surface area (Å²) in [6.45, 7) is 4.43. The first-order valence-electron chi connectivity index (χ1n) is 9.04. The highest BCUT2D eigenvalue weighted by molar-refractivity contribution is 5.91. The fourth-order valence-corrected chi connectivity index (χ4v) is 3.99. The minimum absolute atomic E-state index is 0.892. The number of rotatable bonds is 4. The predicted molar refractivity (Wildman–Crippen MR) is 103 cm³/mol. The number of nitrogens with zero attached hydrogens (tertiary/aromatic N) is 1. The van der Waals surface area contributed by atoms with Crippen molar-refractivity contribution in [1.82, 2.24) is 4.98 Å². The molecule has 4 rings (SSSR count). The Kier molecular flexibility index (Phi) is 4.04. The fourth-order valence-electron chi connectivity index (χ4n) is 3.99. The molecule has 1 aliphatic rings. The number of pyridine rings is 1. The first kappa shape index (κ1) is 15.9. The number of aromatic nitrogens is 1. The summed E-state index contributed by atoms with van der Waals surface area (Å²) in [6, 6.07) is 17.2. The molecule has 0 radical (unpaired) electrons. The molecule has 0 aliphatic heterocycles. The Balaban J connectivity index is 2.03. The van der Waals surface area contributed by atoms with E-state index in [1.54, 1.807) is 7.11 Å². The molecule has 3 aromatic rings. The number of ether oxygens (including phenoxy) is 1. The molecule has 0 N–H and O–H groups in total. The van der Waals surface area contributed by atoms with Crippen molar-refractivity contribution in [3.63, 3.8) is 0 Å². The fraction of sp³-hybridized carbons (Fsp3) is 0.261. The zero-order valence-corrected chi connectivity index (χ0v) is 15.1. The standard InChI is InChI=1S/C23H23NO/c1-4-18-20(5-2)24-21-14-16-8-6-7-9-19(16)23(21)22(18)15-10-12-17(25-3)13-11-15/h6-13H,4-5,14H2,1-3H3. The topological polar surface area (TPSA) is 22.1 Å². The first-order valence-corrected chi connectivity index (χ1v) is 9.04. The molecule has 0 bridgehead atoms. The Bertz CT molecular complexity index is 926. The van der Waals surface area contributed by atoms with E-state index in [2.05, 4.69) is 50.2 Å². The zero-order chi connectivity index (χ0) is 17.4. The second-order valence-electron chi connectivity index (χ2n) is 6.50. The van der Waals surface area contributed by atoms with Gasteiger partial charge in [-0.15, -0.1) is 0 Å². The van der Waals surface area contributed by atoms with Gasteiger partial charge in [-0.1, -0.05) is 50.2 Å². The van der Waals surface area contributed by atoms with Crippen LogP contribution in [0.2, 0.25) is 0 Å². The summed E-state index contributed by atoms with van der Waals surface area (Å²) in [5.74, 6) is 0.892. The van der Waals surface area contributed by atoms with Gasteiger partial charge < -0.3 is 4.74 Å². The van der Waals surface area contributed by atoms with Crippen LogP contribution in [0.5, 0.6) is 5.75 Å². The van der Waals surface area contributed by atoms with E-state index < -0.39 is 0 Å². The summed E-state index contributed by atoms with van der Waals surface area (Å²) in [5.41, 5.74) is 10.5. The van der Waals surface area contributed by atoms with E-state index >= 15 is 0 Å². The van der Waals surface area contributed by atoms with Gasteiger partial charge >= 0.3 is 0 Å². The molecule has 25 heavy (non-hydrogen) atoms. The van der Waals surface area contributed by atoms with Crippen molar-refractivity contribution >= 4 is 0 Å². The van der Waals surface area contributed by atoms with E-state index in [1.807, 2.05) is 12.1 Å². The average Bonchev–Trinajstić information content (AvgIpc) is 3.04. The van der Waals surface area contributed by atoms with Gasteiger partial charge in [0.25, 0.3) is 0 Å². The number of fused-ring (bicyclic) bond motifs is 3. The van der Waals surface area contributed by atoms with Crippen molar-refractivity contribution in [2.45, 2.75) is 33.1 Å². The van der Waals surface area contributed by atoms with Gasteiger partial charge in [-0.3, -0.25) is 4.98 Å². The Labute approximate surface area is 149 Å². The van der Waals surface area contributed by atoms with E-state index in [1.165, 1.54) is 44.8 Å². The van der Waals surface area contributed by atoms with Crippen molar-refractivity contribution < 1.29 is 4.74 Å². The lowest BCUT2D eigenvalue weighted by Gasteiger charge is -2.18. The van der Waals surface area contributed by atoms with Crippen molar-refractivity contribution in [3.05, 3.63) is 71.0 Å². The van der Waals surface area contributed by atoms with Crippen LogP contribution in [-0.2, 0) is 19.3 Å². The Morgan fingerprint density at radius 3 is 2.36 bits per heavy atom. The van der Waals surface area contributed by atoms with Crippen molar-refractivity contribution in [2.75, 3.05) is 7.11 Å². The molecule has 0 saturated heterocycles. The van der Waals surface area contributed by atoms with Gasteiger partial charge in [0.2, 0.25) is 0 Å². The molecule has 1 heterocycles. The average molecular weight is 329 g/mol. The zero-order valence-electron chi connectivity index (χ0n) is 15.1. The summed E-state index contributed by atoms with van der Waals surface area (Å²) < 4.78 is 5.34. The molecular weight excluding hydrogens is 306 g/mol. The molecular formula is C23H23NO. The van der Waals surface area contributed by atoms with Crippen LogP contribution in [0.25, 0.3) is 22.3 Å². The molecule has 0 spiro atoms. The number of methoxy groups -OCH3 is 1. The lowest BCUT2D eigenvalue weighted by Crippen LogP contribution is -2.04. The van der Waals surface area contributed by atoms with Gasteiger partial charge in [-0.25, -0.2) is 0 Å². The molecule has 2 nitrogen and oxygen atoms in total. The monoisotopic (exact) mass is 329 g/mol. The molecule has 126 valence electrons. The van der Waals surface area contributed by atoms with E-state index in [9.17, 15) is 0 Å². The van der Waals surface area contributed by atoms with Gasteiger partial charge in [-0.05, 0) is 52.8 Å². The summed E-state index contributed by atoms with van der Waals surface area (Å²) >= 11 is 0. The second kappa shape index (κ2) is 6.36. The van der Waals surface area contributed by atoms with Gasteiger partial charge in [0.1, 0.15) is 5.75 Å². The third kappa shape index (κ3) is 2.53. The van der Waals surface area contributed by atoms with Crippen LogP contribution in [0.1, 0.15) is 36.4 Å². The van der Waals surface area contributed by atoms with Gasteiger partial charge in [0.05, 0.1) is 12.8 Å². The maximum Gasteiger partial charge on any atom is 0.118 e. The summed E-state index contributed by atoms with van der Waals surface area (Å²) in [4.78, 5) is 5.05. The SMILES string of the molecule is CCc1nc2c(c(-c3ccc(OC)cc3)c1CC)-c1ccccc1C2. The number of hydrogen-bond acceptors (Lipinski definition) is 2. The van der Waals surface area contributed by atoms with Crippen LogP contribution < -0.4 is 4.74 Å². The van der Waals surface area contributed by atoms with Gasteiger partial charge in [0.15, 0.2) is 0 Å². The normalized spacial score (nSPS) is 12.0. The van der Waals surface area contributed by atoms with Gasteiger partial charge in [0, 0.05) is 17.7 Å². The van der Waals surface area contributed by atoms with Crippen LogP contribution >= 0.6 is 0 Å². The molecule has 0 fully saturated rings. The summed E-state index contributed by atoms with van der Waals surface area (Å²) in [7, 11) is 1.71. The number of aryl methyl sites for hydroxylation is 1. The number of hydrogen-bond donors (Lipinski definition) is 0. The highest BCUT2D eigenvalue weighted by atomic mass is 16.5. The van der Waals surface area contributed by atoms with E-state index in [0.29, 0.717) is 0 Å². The molecule has 1 aliphatic carbocycles. The minimum Gasteiger partial charge on any atom is -0.497 e. The molecule has 2 aromatic carbocycles. The Hall–Kier alpha value is -2.61. The highest BCUT2D eigenvalue weighted by Gasteiger charge is 2.26. The van der Waals surface area contributed by atoms with Gasteiger partial charge in [-0.2, -0.15) is 0 Å². The predicted octanol–water partition coefficient (Wildman–Crippen LogP) is 5.45. The van der Waals surface area contributed by atoms with Crippen LogP contribution in [0.15, 0.2) is 48.5 Å². The third-order valence-corrected chi connectivity index (χ3v) is 5.17. The van der Waals surface area contributed by atoms with E-state index in [-0.39, 0.29) is 0 Å². The lowest BCUT2D eigenvalue weighted by molar-refractivity contribution is 0.415. The lowest BCUT2D eigenvalue weighted by atomic mass is 9.89. The van der Waals surface area contributed by atoms with E-state index in [4.69, 9.17) is 9.72 Å². The van der Waals surface area contributed by atoms with Crippen LogP contribution in [0.3, 0.4) is 0 Å². The van der Waals surface area contributed by atoms with Crippen molar-refractivity contribution in [1.29, 1.82) is 0 Å². The smallest absolute Gasteiger partial charge is 0.118 e. The second-order valence-corrected chi connectivity index (χ2v) is 6.50. The van der Waals surface area contributed by atoms with Crippen molar-refractivity contribution in [2.24, 2.45) is 0 Å². The first-order chi connectivity index (χ1) is 12.3. The molecule has 0 saturated carbocycles. The van der Waals surface area contributed by atoms with E-state index in [0.717, 1.165) is 25.0 Å². The van der Waals surface area contributed by atoms with Crippen molar-refractivity contribution in [3.8, 4) is 28.0 Å². The molecule has 0 unspecified atom stereocenters. The molecule has 1 aromatic heterocycles. The maximum atomic E-state index is 5.34. The maximum absolute atomic E-state index is 5.34. The largest absolute Gasteiger partial charge is 0.497 e. The Morgan fingerprint density at radius 1 is 0.920 bits per heavy atom. The summed E-state index contributed by atoms with van der Waals surface area (Å²) in [5, 5.41) is 0. The Morgan fingerprint density at radius 2 is 1.68 bits per heavy atom. The minimum atomic E-state index is 0.892. The quantitative estimate of drug-likeness (QED) is 0.496. The summed E-state index contributed by atoms with van der Waals surface area (Å²) in [6.07, 6.45) is 2.90. The molecule has 0 atom stereocenters. The van der Waals surface area contributed by atoms with Crippen LogP contribution in [0.4, 0.5) is 0 Å².